The fourth-order valence-electron chi connectivity index (χ4n) is 1.76. The van der Waals surface area contributed by atoms with E-state index in [1.165, 1.54) is 6.33 Å². The summed E-state index contributed by atoms with van der Waals surface area (Å²) in [5.41, 5.74) is 0.526. The monoisotopic (exact) mass is 304 g/mol. The van der Waals surface area contributed by atoms with Gasteiger partial charge in [-0.3, -0.25) is 4.79 Å². The van der Waals surface area contributed by atoms with Crippen LogP contribution in [-0.4, -0.2) is 15.9 Å². The second-order valence-corrected chi connectivity index (χ2v) is 4.54. The van der Waals surface area contributed by atoms with E-state index in [1.807, 2.05) is 0 Å². The average Bonchev–Trinajstić information content (AvgIpc) is 2.48. The van der Waals surface area contributed by atoms with Crippen LogP contribution in [0.3, 0.4) is 0 Å². The Balaban J connectivity index is 2.36. The van der Waals surface area contributed by atoms with Crippen molar-refractivity contribution < 1.29 is 13.6 Å². The normalized spacial score (nSPS) is 10.9. The van der Waals surface area contributed by atoms with Crippen LogP contribution >= 0.6 is 0 Å². The van der Waals surface area contributed by atoms with E-state index in [0.717, 1.165) is 19.2 Å². The van der Waals surface area contributed by atoms with Gasteiger partial charge in [0.25, 0.3) is 5.92 Å². The zero-order chi connectivity index (χ0) is 16.2. The van der Waals surface area contributed by atoms with Gasteiger partial charge in [-0.2, -0.15) is 0 Å². The number of carbonyl (C=O) groups excluding carboxylic acids is 1. The van der Waals surface area contributed by atoms with E-state index in [1.54, 1.807) is 24.3 Å². The molecule has 1 aromatic heterocycles. The molecular weight excluding hydrogens is 290 g/mol. The molecule has 1 amide bonds. The highest BCUT2D eigenvalue weighted by molar-refractivity contribution is 6.01. The first-order chi connectivity index (χ1) is 10.4. The molecule has 114 valence electrons. The van der Waals surface area contributed by atoms with E-state index in [9.17, 15) is 13.6 Å². The van der Waals surface area contributed by atoms with E-state index in [-0.39, 0.29) is 11.4 Å². The van der Waals surface area contributed by atoms with Gasteiger partial charge in [0, 0.05) is 13.1 Å². The molecule has 1 heterocycles. The highest BCUT2D eigenvalue weighted by Gasteiger charge is 2.29. The molecule has 2 rings (SSSR count). The molecule has 7 heteroatoms. The van der Waals surface area contributed by atoms with Crippen molar-refractivity contribution in [2.75, 3.05) is 10.6 Å². The number of anilines is 3. The lowest BCUT2D eigenvalue weighted by atomic mass is 10.2. The van der Waals surface area contributed by atoms with Gasteiger partial charge in [0.2, 0.25) is 5.91 Å². The molecule has 0 saturated carbocycles. The molecule has 0 radical (unpaired) electrons. The number of nitrogens with one attached hydrogen (secondary N) is 2. The second-order valence-electron chi connectivity index (χ2n) is 4.54. The Morgan fingerprint density at radius 3 is 2.64 bits per heavy atom. The standard InChI is InChI=1S/C15H14F2N4O/c1-3-13(22)20-11-6-4-5-7-12(11)21-14-10(15(2,16)17)8-18-9-19-14/h3-9H,1H2,2H3,(H,20,22)(H,18,19,21). The summed E-state index contributed by atoms with van der Waals surface area (Å²) in [5, 5.41) is 5.39. The van der Waals surface area contributed by atoms with Crippen LogP contribution in [0, 0.1) is 0 Å². The zero-order valence-corrected chi connectivity index (χ0v) is 11.8. The lowest BCUT2D eigenvalue weighted by Crippen LogP contribution is -2.13. The number of rotatable bonds is 5. The Morgan fingerprint density at radius 1 is 1.32 bits per heavy atom. The molecule has 1 aromatic carbocycles. The van der Waals surface area contributed by atoms with Gasteiger partial charge in [-0.25, -0.2) is 18.7 Å². The maximum atomic E-state index is 13.6. The van der Waals surface area contributed by atoms with Crippen molar-refractivity contribution in [3.05, 3.63) is 55.0 Å². The number of aromatic nitrogens is 2. The van der Waals surface area contributed by atoms with Crippen molar-refractivity contribution in [3.8, 4) is 0 Å². The Kier molecular flexibility index (Phi) is 4.45. The van der Waals surface area contributed by atoms with Gasteiger partial charge in [0.15, 0.2) is 0 Å². The van der Waals surface area contributed by atoms with E-state index in [0.29, 0.717) is 11.4 Å². The molecule has 2 N–H and O–H groups in total. The third-order valence-corrected chi connectivity index (χ3v) is 2.81. The molecule has 0 atom stereocenters. The molecule has 0 aliphatic heterocycles. The van der Waals surface area contributed by atoms with Crippen LogP contribution in [0.2, 0.25) is 0 Å². The minimum atomic E-state index is -3.09. The Bertz CT molecular complexity index is 698. The predicted molar refractivity (Wildman–Crippen MR) is 80.2 cm³/mol. The van der Waals surface area contributed by atoms with Crippen LogP contribution in [0.25, 0.3) is 0 Å². The maximum Gasteiger partial charge on any atom is 0.275 e. The molecule has 0 aliphatic carbocycles. The summed E-state index contributed by atoms with van der Waals surface area (Å²) in [6, 6.07) is 6.68. The summed E-state index contributed by atoms with van der Waals surface area (Å²) in [4.78, 5) is 18.9. The number of halogens is 2. The van der Waals surface area contributed by atoms with Crippen LogP contribution < -0.4 is 10.6 Å². The van der Waals surface area contributed by atoms with Crippen molar-refractivity contribution in [1.82, 2.24) is 9.97 Å². The van der Waals surface area contributed by atoms with Crippen molar-refractivity contribution in [2.24, 2.45) is 0 Å². The number of hydrogen-bond donors (Lipinski definition) is 2. The minimum absolute atomic E-state index is 0.0252. The number of para-hydroxylation sites is 2. The summed E-state index contributed by atoms with van der Waals surface area (Å²) in [5.74, 6) is -3.52. The maximum absolute atomic E-state index is 13.6. The molecule has 22 heavy (non-hydrogen) atoms. The number of amides is 1. The number of alkyl halides is 2. The number of nitrogens with zero attached hydrogens (tertiary/aromatic N) is 2. The Morgan fingerprint density at radius 2 is 2.00 bits per heavy atom. The van der Waals surface area contributed by atoms with E-state index >= 15 is 0 Å². The molecule has 0 fully saturated rings. The molecule has 0 unspecified atom stereocenters. The fourth-order valence-corrected chi connectivity index (χ4v) is 1.76. The molecule has 2 aromatic rings. The van der Waals surface area contributed by atoms with Gasteiger partial charge < -0.3 is 10.6 Å². The summed E-state index contributed by atoms with van der Waals surface area (Å²) in [6.45, 7) is 4.13. The van der Waals surface area contributed by atoms with Gasteiger partial charge in [0.05, 0.1) is 16.9 Å². The first kappa shape index (κ1) is 15.6. The first-order valence-electron chi connectivity index (χ1n) is 6.39. The van der Waals surface area contributed by atoms with Crippen LogP contribution in [0.15, 0.2) is 49.4 Å². The summed E-state index contributed by atoms with van der Waals surface area (Å²) in [7, 11) is 0. The van der Waals surface area contributed by atoms with Gasteiger partial charge in [-0.1, -0.05) is 18.7 Å². The molecule has 0 saturated heterocycles. The minimum Gasteiger partial charge on any atom is -0.338 e. The topological polar surface area (TPSA) is 66.9 Å². The number of carbonyl (C=O) groups is 1. The van der Waals surface area contributed by atoms with Gasteiger partial charge in [-0.15, -0.1) is 0 Å². The van der Waals surface area contributed by atoms with Crippen LogP contribution in [0.4, 0.5) is 26.0 Å². The van der Waals surface area contributed by atoms with Crippen molar-refractivity contribution in [1.29, 1.82) is 0 Å². The van der Waals surface area contributed by atoms with Crippen molar-refractivity contribution in [2.45, 2.75) is 12.8 Å². The third kappa shape index (κ3) is 3.63. The molecule has 5 nitrogen and oxygen atoms in total. The van der Waals surface area contributed by atoms with E-state index < -0.39 is 11.8 Å². The first-order valence-corrected chi connectivity index (χ1v) is 6.39. The molecule has 0 aliphatic rings. The Hall–Kier alpha value is -2.83. The number of hydrogen-bond acceptors (Lipinski definition) is 4. The Labute approximate surface area is 126 Å². The van der Waals surface area contributed by atoms with E-state index in [2.05, 4.69) is 27.2 Å². The molecule has 0 bridgehead atoms. The van der Waals surface area contributed by atoms with Gasteiger partial charge >= 0.3 is 0 Å². The smallest absolute Gasteiger partial charge is 0.275 e. The lowest BCUT2D eigenvalue weighted by Gasteiger charge is -2.17. The number of benzene rings is 1. The van der Waals surface area contributed by atoms with Crippen LogP contribution in [0.5, 0.6) is 0 Å². The third-order valence-electron chi connectivity index (χ3n) is 2.81. The second kappa shape index (κ2) is 6.30. The van der Waals surface area contributed by atoms with Crippen LogP contribution in [0.1, 0.15) is 12.5 Å². The largest absolute Gasteiger partial charge is 0.338 e. The lowest BCUT2D eigenvalue weighted by molar-refractivity contribution is -0.111. The SMILES string of the molecule is C=CC(=O)Nc1ccccc1Nc1ncncc1C(C)(F)F. The van der Waals surface area contributed by atoms with Gasteiger partial charge in [0.1, 0.15) is 12.1 Å². The highest BCUT2D eigenvalue weighted by Crippen LogP contribution is 2.33. The van der Waals surface area contributed by atoms with Crippen molar-refractivity contribution >= 4 is 23.1 Å². The predicted octanol–water partition coefficient (Wildman–Crippen LogP) is 3.46. The van der Waals surface area contributed by atoms with Gasteiger partial charge in [-0.05, 0) is 18.2 Å². The highest BCUT2D eigenvalue weighted by atomic mass is 19.3. The molecule has 0 spiro atoms. The van der Waals surface area contributed by atoms with Crippen molar-refractivity contribution in [3.63, 3.8) is 0 Å². The molecular formula is C15H14F2N4O. The quantitative estimate of drug-likeness (QED) is 0.830. The fraction of sp³-hybridized carbons (Fsp3) is 0.133. The van der Waals surface area contributed by atoms with E-state index in [4.69, 9.17) is 0 Å². The average molecular weight is 304 g/mol. The summed E-state index contributed by atoms with van der Waals surface area (Å²) < 4.78 is 27.2. The zero-order valence-electron chi connectivity index (χ0n) is 11.8. The van der Waals surface area contributed by atoms with Crippen LogP contribution in [-0.2, 0) is 10.7 Å². The summed E-state index contributed by atoms with van der Waals surface area (Å²) >= 11 is 0. The summed E-state index contributed by atoms with van der Waals surface area (Å²) in [6.07, 6.45) is 3.34.